The molecule has 0 amide bonds. The van der Waals surface area contributed by atoms with E-state index in [4.69, 9.17) is 9.47 Å². The Balaban J connectivity index is 1.56. The average Bonchev–Trinajstić information content (AvgIpc) is 2.58. The predicted molar refractivity (Wildman–Crippen MR) is 91.2 cm³/mol. The molecule has 6 nitrogen and oxygen atoms in total. The van der Waals surface area contributed by atoms with Crippen LogP contribution in [0.25, 0.3) is 0 Å². The first-order valence-electron chi connectivity index (χ1n) is 8.00. The van der Waals surface area contributed by atoms with Crippen molar-refractivity contribution in [2.24, 2.45) is 0 Å². The first-order chi connectivity index (χ1) is 11.8. The van der Waals surface area contributed by atoms with E-state index in [9.17, 15) is 4.79 Å². The molecule has 2 heterocycles. The van der Waals surface area contributed by atoms with Crippen LogP contribution in [0.2, 0.25) is 0 Å². The number of benzene rings is 1. The quantitative estimate of drug-likeness (QED) is 0.760. The van der Waals surface area contributed by atoms with Gasteiger partial charge in [0.25, 0.3) is 0 Å². The molecule has 126 valence electrons. The zero-order valence-corrected chi connectivity index (χ0v) is 13.6. The largest absolute Gasteiger partial charge is 0.490 e. The molecule has 0 radical (unpaired) electrons. The summed E-state index contributed by atoms with van der Waals surface area (Å²) in [6, 6.07) is 9.51. The molecule has 1 fully saturated rings. The van der Waals surface area contributed by atoms with E-state index in [1.165, 1.54) is 0 Å². The highest BCUT2D eigenvalue weighted by molar-refractivity contribution is 5.95. The number of esters is 1. The van der Waals surface area contributed by atoms with Crippen LogP contribution in [0.3, 0.4) is 0 Å². The normalized spacial score (nSPS) is 16.1. The van der Waals surface area contributed by atoms with Gasteiger partial charge in [-0.15, -0.1) is 0 Å². The minimum Gasteiger partial charge on any atom is -0.490 e. The lowest BCUT2D eigenvalue weighted by atomic mass is 10.1. The molecule has 1 atom stereocenters. The Labute approximate surface area is 141 Å². The Morgan fingerprint density at radius 3 is 2.96 bits per heavy atom. The van der Waals surface area contributed by atoms with E-state index in [2.05, 4.69) is 15.6 Å². The van der Waals surface area contributed by atoms with Gasteiger partial charge >= 0.3 is 5.97 Å². The van der Waals surface area contributed by atoms with E-state index < -0.39 is 0 Å². The molecular weight excluding hydrogens is 306 g/mol. The van der Waals surface area contributed by atoms with Crippen LogP contribution >= 0.6 is 0 Å². The summed E-state index contributed by atoms with van der Waals surface area (Å²) in [5.41, 5.74) is 2.05. The van der Waals surface area contributed by atoms with Gasteiger partial charge in [-0.25, -0.2) is 4.79 Å². The third-order valence-corrected chi connectivity index (χ3v) is 3.93. The molecule has 2 aromatic rings. The number of nitrogens with zero attached hydrogens (tertiary/aromatic N) is 1. The van der Waals surface area contributed by atoms with Crippen LogP contribution in [0.15, 0.2) is 42.7 Å². The molecule has 1 aromatic carbocycles. The Morgan fingerprint density at radius 2 is 2.21 bits per heavy atom. The summed E-state index contributed by atoms with van der Waals surface area (Å²) in [5, 5.41) is 6.26. The Bertz CT molecular complexity index is 701. The van der Waals surface area contributed by atoms with E-state index in [-0.39, 0.29) is 12.6 Å². The molecule has 1 aromatic heterocycles. The van der Waals surface area contributed by atoms with Gasteiger partial charge in [-0.05, 0) is 31.2 Å². The van der Waals surface area contributed by atoms with E-state index >= 15 is 0 Å². The van der Waals surface area contributed by atoms with Gasteiger partial charge in [0.2, 0.25) is 0 Å². The van der Waals surface area contributed by atoms with Crippen molar-refractivity contribution in [1.29, 1.82) is 0 Å². The summed E-state index contributed by atoms with van der Waals surface area (Å²) < 4.78 is 11.1. The van der Waals surface area contributed by atoms with E-state index in [0.717, 1.165) is 24.2 Å². The van der Waals surface area contributed by atoms with Gasteiger partial charge in [-0.3, -0.25) is 4.98 Å². The second-order valence-corrected chi connectivity index (χ2v) is 5.65. The number of anilines is 1. The fraction of sp³-hybridized carbons (Fsp3) is 0.333. The van der Waals surface area contributed by atoms with Crippen molar-refractivity contribution in [3.8, 4) is 5.75 Å². The van der Waals surface area contributed by atoms with Crippen LogP contribution in [0.1, 0.15) is 22.3 Å². The zero-order valence-electron chi connectivity index (χ0n) is 13.6. The van der Waals surface area contributed by atoms with Crippen molar-refractivity contribution in [2.75, 3.05) is 25.5 Å². The molecule has 0 unspecified atom stereocenters. The van der Waals surface area contributed by atoms with Crippen LogP contribution in [-0.4, -0.2) is 37.2 Å². The Morgan fingerprint density at radius 1 is 1.38 bits per heavy atom. The van der Waals surface area contributed by atoms with Crippen LogP contribution < -0.4 is 15.4 Å². The Hall–Kier alpha value is -2.60. The third-order valence-electron chi connectivity index (χ3n) is 3.93. The maximum absolute atomic E-state index is 12.2. The first-order valence-corrected chi connectivity index (χ1v) is 8.00. The van der Waals surface area contributed by atoms with Crippen LogP contribution in [0.4, 0.5) is 5.69 Å². The molecule has 0 bridgehead atoms. The second-order valence-electron chi connectivity index (χ2n) is 5.65. The summed E-state index contributed by atoms with van der Waals surface area (Å²) in [7, 11) is 1.77. The standard InChI is InChI=1S/C18H21N3O3/c1-19-17-5-3-2-4-16(17)18(22)24-11-13-8-15(10-20-9-13)23-12-14-6-7-21-14/h2-5,8-10,14,19,21H,6-7,11-12H2,1H3/t14-/m0/s1. The van der Waals surface area contributed by atoms with Gasteiger partial charge < -0.3 is 20.1 Å². The summed E-state index contributed by atoms with van der Waals surface area (Å²) in [5.74, 6) is 0.317. The SMILES string of the molecule is CNc1ccccc1C(=O)OCc1cncc(OC[C@@H]2CCN2)c1. The van der Waals surface area contributed by atoms with Crippen molar-refractivity contribution in [3.63, 3.8) is 0 Å². The monoisotopic (exact) mass is 327 g/mol. The third kappa shape index (κ3) is 4.02. The lowest BCUT2D eigenvalue weighted by Gasteiger charge is -2.27. The number of carbonyl (C=O) groups is 1. The number of hydrogen-bond donors (Lipinski definition) is 2. The van der Waals surface area contributed by atoms with Crippen LogP contribution in [0, 0.1) is 0 Å². The number of ether oxygens (including phenoxy) is 2. The van der Waals surface area contributed by atoms with Crippen molar-refractivity contribution in [2.45, 2.75) is 19.1 Å². The number of carbonyl (C=O) groups excluding carboxylic acids is 1. The van der Waals surface area contributed by atoms with Gasteiger partial charge in [0.15, 0.2) is 0 Å². The summed E-state index contributed by atoms with van der Waals surface area (Å²) in [4.78, 5) is 16.4. The lowest BCUT2D eigenvalue weighted by Crippen LogP contribution is -2.46. The van der Waals surface area contributed by atoms with Crippen molar-refractivity contribution >= 4 is 11.7 Å². The molecule has 24 heavy (non-hydrogen) atoms. The smallest absolute Gasteiger partial charge is 0.340 e. The number of nitrogens with one attached hydrogen (secondary N) is 2. The number of aromatic nitrogens is 1. The van der Waals surface area contributed by atoms with E-state index in [0.29, 0.717) is 24.0 Å². The fourth-order valence-electron chi connectivity index (χ4n) is 2.41. The predicted octanol–water partition coefficient (Wildman–Crippen LogP) is 2.22. The van der Waals surface area contributed by atoms with Crippen LogP contribution in [0.5, 0.6) is 5.75 Å². The molecule has 2 N–H and O–H groups in total. The number of para-hydroxylation sites is 1. The molecule has 3 rings (SSSR count). The zero-order chi connectivity index (χ0) is 16.8. The fourth-order valence-corrected chi connectivity index (χ4v) is 2.41. The summed E-state index contributed by atoms with van der Waals surface area (Å²) >= 11 is 0. The molecule has 1 saturated heterocycles. The van der Waals surface area contributed by atoms with Gasteiger partial charge in [0.1, 0.15) is 19.0 Å². The molecule has 1 aliphatic heterocycles. The van der Waals surface area contributed by atoms with Gasteiger partial charge in [-0.1, -0.05) is 12.1 Å². The minimum absolute atomic E-state index is 0.156. The maximum atomic E-state index is 12.2. The molecule has 0 saturated carbocycles. The van der Waals surface area contributed by atoms with Crippen molar-refractivity contribution < 1.29 is 14.3 Å². The van der Waals surface area contributed by atoms with Crippen molar-refractivity contribution in [3.05, 3.63) is 53.9 Å². The Kier molecular flexibility index (Phi) is 5.28. The number of pyridine rings is 1. The highest BCUT2D eigenvalue weighted by atomic mass is 16.5. The molecule has 0 spiro atoms. The summed E-state index contributed by atoms with van der Waals surface area (Å²) in [6.07, 6.45) is 4.47. The molecule has 1 aliphatic rings. The molecule has 6 heteroatoms. The minimum atomic E-state index is -0.370. The number of hydrogen-bond acceptors (Lipinski definition) is 6. The maximum Gasteiger partial charge on any atom is 0.340 e. The molecule has 0 aliphatic carbocycles. The summed E-state index contributed by atoms with van der Waals surface area (Å²) in [6.45, 7) is 1.83. The van der Waals surface area contributed by atoms with Crippen LogP contribution in [-0.2, 0) is 11.3 Å². The first kappa shape index (κ1) is 16.3. The van der Waals surface area contributed by atoms with E-state index in [1.807, 2.05) is 24.3 Å². The lowest BCUT2D eigenvalue weighted by molar-refractivity contribution is 0.0473. The van der Waals surface area contributed by atoms with E-state index in [1.54, 1.807) is 25.5 Å². The van der Waals surface area contributed by atoms with Gasteiger partial charge in [-0.2, -0.15) is 0 Å². The van der Waals surface area contributed by atoms with Gasteiger partial charge in [0.05, 0.1) is 11.8 Å². The topological polar surface area (TPSA) is 72.5 Å². The number of rotatable bonds is 7. The second kappa shape index (κ2) is 7.79. The molecular formula is C18H21N3O3. The highest BCUT2D eigenvalue weighted by Gasteiger charge is 2.17. The highest BCUT2D eigenvalue weighted by Crippen LogP contribution is 2.17. The van der Waals surface area contributed by atoms with Crippen molar-refractivity contribution in [1.82, 2.24) is 10.3 Å². The average molecular weight is 327 g/mol. The van der Waals surface area contributed by atoms with Gasteiger partial charge in [0, 0.05) is 30.5 Å².